The predicted molar refractivity (Wildman–Crippen MR) is 56.2 cm³/mol. The van der Waals surface area contributed by atoms with Gasteiger partial charge in [-0.1, -0.05) is 22.6 Å². The van der Waals surface area contributed by atoms with E-state index in [4.69, 9.17) is 15.9 Å². The van der Waals surface area contributed by atoms with E-state index >= 15 is 0 Å². The Bertz CT molecular complexity index is 168. The van der Waals surface area contributed by atoms with Crippen molar-refractivity contribution >= 4 is 22.6 Å². The summed E-state index contributed by atoms with van der Waals surface area (Å²) >= 11 is 2.33. The molecule has 0 spiro atoms. The van der Waals surface area contributed by atoms with Crippen LogP contribution in [0.4, 0.5) is 0 Å². The van der Waals surface area contributed by atoms with Gasteiger partial charge < -0.3 is 9.47 Å². The van der Waals surface area contributed by atoms with Crippen LogP contribution in [0.3, 0.4) is 0 Å². The highest BCUT2D eigenvalue weighted by Crippen LogP contribution is 2.29. The molecule has 0 atom stereocenters. The molecule has 0 bridgehead atoms. The molecular weight excluding hydrogens is 267 g/mol. The van der Waals surface area contributed by atoms with Crippen molar-refractivity contribution < 1.29 is 9.47 Å². The van der Waals surface area contributed by atoms with Crippen LogP contribution in [0.25, 0.3) is 0 Å². The summed E-state index contributed by atoms with van der Waals surface area (Å²) in [7, 11) is 0. The largest absolute Gasteiger partial charge is 0.347 e. The zero-order valence-electron chi connectivity index (χ0n) is 7.01. The van der Waals surface area contributed by atoms with Gasteiger partial charge in [-0.25, -0.2) is 0 Å². The Kier molecular flexibility index (Phi) is 4.33. The third-order valence-corrected chi connectivity index (χ3v) is 2.48. The second-order valence-electron chi connectivity index (χ2n) is 2.75. The molecule has 1 fully saturated rings. The lowest BCUT2D eigenvalue weighted by Gasteiger charge is -2.25. The first-order chi connectivity index (χ1) is 5.83. The van der Waals surface area contributed by atoms with Crippen LogP contribution in [-0.4, -0.2) is 23.4 Å². The lowest BCUT2D eigenvalue weighted by molar-refractivity contribution is -0.161. The van der Waals surface area contributed by atoms with Gasteiger partial charge in [0.25, 0.3) is 0 Å². The molecule has 0 amide bonds. The minimum atomic E-state index is -0.354. The van der Waals surface area contributed by atoms with Gasteiger partial charge in [0.15, 0.2) is 5.79 Å². The number of terminal acetylenes is 1. The van der Waals surface area contributed by atoms with Crippen molar-refractivity contribution in [1.82, 2.24) is 0 Å². The second kappa shape index (κ2) is 5.05. The molecule has 1 aliphatic heterocycles. The molecule has 2 nitrogen and oxygen atoms in total. The summed E-state index contributed by atoms with van der Waals surface area (Å²) in [5, 5.41) is 0. The summed E-state index contributed by atoms with van der Waals surface area (Å²) in [5.41, 5.74) is 0. The number of hydrogen-bond donors (Lipinski definition) is 0. The Morgan fingerprint density at radius 3 is 2.50 bits per heavy atom. The van der Waals surface area contributed by atoms with Crippen molar-refractivity contribution in [2.24, 2.45) is 0 Å². The van der Waals surface area contributed by atoms with Crippen molar-refractivity contribution in [1.29, 1.82) is 0 Å². The van der Waals surface area contributed by atoms with Crippen LogP contribution < -0.4 is 0 Å². The standard InChI is InChI=1S/C9H13IO2/c1-2-3-4-9(5-6-10)11-7-8-12-9/h1H,3-8H2. The van der Waals surface area contributed by atoms with Crippen molar-refractivity contribution in [3.63, 3.8) is 0 Å². The van der Waals surface area contributed by atoms with E-state index in [-0.39, 0.29) is 5.79 Å². The Morgan fingerprint density at radius 2 is 2.00 bits per heavy atom. The van der Waals surface area contributed by atoms with E-state index in [9.17, 15) is 0 Å². The maximum absolute atomic E-state index is 5.56. The highest BCUT2D eigenvalue weighted by atomic mass is 127. The van der Waals surface area contributed by atoms with Gasteiger partial charge in [0.05, 0.1) is 13.2 Å². The molecule has 0 aromatic rings. The lowest BCUT2D eigenvalue weighted by atomic mass is 10.1. The highest BCUT2D eigenvalue weighted by Gasteiger charge is 2.34. The van der Waals surface area contributed by atoms with E-state index < -0.39 is 0 Å². The van der Waals surface area contributed by atoms with Crippen LogP contribution in [0.2, 0.25) is 0 Å². The quantitative estimate of drug-likeness (QED) is 0.445. The van der Waals surface area contributed by atoms with Crippen LogP contribution in [0, 0.1) is 12.3 Å². The van der Waals surface area contributed by atoms with Gasteiger partial charge in [-0.05, 0) is 0 Å². The van der Waals surface area contributed by atoms with Gasteiger partial charge in [0, 0.05) is 23.7 Å². The van der Waals surface area contributed by atoms with Gasteiger partial charge in [-0.2, -0.15) is 0 Å². The summed E-state index contributed by atoms with van der Waals surface area (Å²) in [5.74, 6) is 2.26. The summed E-state index contributed by atoms with van der Waals surface area (Å²) in [6.45, 7) is 1.42. The van der Waals surface area contributed by atoms with Crippen molar-refractivity contribution in [3.8, 4) is 12.3 Å². The summed E-state index contributed by atoms with van der Waals surface area (Å²) in [6, 6.07) is 0. The zero-order valence-corrected chi connectivity index (χ0v) is 9.17. The molecule has 1 saturated heterocycles. The van der Waals surface area contributed by atoms with Gasteiger partial charge in [-0.15, -0.1) is 12.3 Å². The molecule has 68 valence electrons. The van der Waals surface area contributed by atoms with Crippen molar-refractivity contribution in [2.75, 3.05) is 17.6 Å². The molecular formula is C9H13IO2. The molecule has 0 aromatic carbocycles. The van der Waals surface area contributed by atoms with E-state index in [2.05, 4.69) is 28.5 Å². The van der Waals surface area contributed by atoms with E-state index in [0.717, 1.165) is 23.7 Å². The molecule has 0 radical (unpaired) electrons. The first-order valence-corrected chi connectivity index (χ1v) is 5.63. The maximum Gasteiger partial charge on any atom is 0.170 e. The molecule has 0 aromatic heterocycles. The SMILES string of the molecule is C#CCCC1(CCI)OCCO1. The second-order valence-corrected chi connectivity index (χ2v) is 3.83. The average Bonchev–Trinajstić information content (AvgIpc) is 2.51. The zero-order chi connectivity index (χ0) is 8.86. The molecule has 12 heavy (non-hydrogen) atoms. The Labute approximate surface area is 87.1 Å². The summed E-state index contributed by atoms with van der Waals surface area (Å²) < 4.78 is 12.2. The Morgan fingerprint density at radius 1 is 1.33 bits per heavy atom. The van der Waals surface area contributed by atoms with E-state index in [1.807, 2.05) is 0 Å². The molecule has 1 aliphatic rings. The molecule has 0 N–H and O–H groups in total. The van der Waals surface area contributed by atoms with Crippen LogP contribution in [0.15, 0.2) is 0 Å². The van der Waals surface area contributed by atoms with Gasteiger partial charge in [0.2, 0.25) is 0 Å². The molecule has 1 rings (SSSR count). The lowest BCUT2D eigenvalue weighted by Crippen LogP contribution is -2.30. The molecule has 3 heteroatoms. The van der Waals surface area contributed by atoms with Gasteiger partial charge >= 0.3 is 0 Å². The van der Waals surface area contributed by atoms with Crippen LogP contribution in [0.5, 0.6) is 0 Å². The molecule has 1 heterocycles. The molecule has 0 saturated carbocycles. The smallest absolute Gasteiger partial charge is 0.170 e. The Hall–Kier alpha value is 0.210. The van der Waals surface area contributed by atoms with Gasteiger partial charge in [0.1, 0.15) is 0 Å². The normalized spacial score (nSPS) is 20.7. The third-order valence-electron chi connectivity index (χ3n) is 1.94. The van der Waals surface area contributed by atoms with Gasteiger partial charge in [-0.3, -0.25) is 0 Å². The molecule has 0 unspecified atom stereocenters. The fraction of sp³-hybridized carbons (Fsp3) is 0.778. The number of halogens is 1. The van der Waals surface area contributed by atoms with Crippen molar-refractivity contribution in [2.45, 2.75) is 25.0 Å². The number of alkyl halides is 1. The monoisotopic (exact) mass is 280 g/mol. The number of rotatable bonds is 4. The molecule has 0 aliphatic carbocycles. The summed E-state index contributed by atoms with van der Waals surface area (Å²) in [4.78, 5) is 0. The first-order valence-electron chi connectivity index (χ1n) is 4.10. The number of ether oxygens (including phenoxy) is 2. The topological polar surface area (TPSA) is 18.5 Å². The van der Waals surface area contributed by atoms with Crippen molar-refractivity contribution in [3.05, 3.63) is 0 Å². The summed E-state index contributed by atoms with van der Waals surface area (Å²) in [6.07, 6.45) is 7.70. The maximum atomic E-state index is 5.56. The fourth-order valence-electron chi connectivity index (χ4n) is 1.32. The highest BCUT2D eigenvalue weighted by molar-refractivity contribution is 14.1. The third kappa shape index (κ3) is 2.61. The van der Waals surface area contributed by atoms with Crippen LogP contribution in [0.1, 0.15) is 19.3 Å². The fourth-order valence-corrected chi connectivity index (χ4v) is 2.14. The predicted octanol–water partition coefficient (Wildman–Crippen LogP) is 1.97. The van der Waals surface area contributed by atoms with Crippen LogP contribution in [-0.2, 0) is 9.47 Å². The Balaban J connectivity index is 2.42. The number of hydrogen-bond acceptors (Lipinski definition) is 2. The van der Waals surface area contributed by atoms with Crippen LogP contribution >= 0.6 is 22.6 Å². The first kappa shape index (κ1) is 10.3. The average molecular weight is 280 g/mol. The van der Waals surface area contributed by atoms with E-state index in [0.29, 0.717) is 13.2 Å². The van der Waals surface area contributed by atoms with E-state index in [1.54, 1.807) is 0 Å². The minimum absolute atomic E-state index is 0.354. The minimum Gasteiger partial charge on any atom is -0.347 e. The van der Waals surface area contributed by atoms with E-state index in [1.165, 1.54) is 0 Å².